The van der Waals surface area contributed by atoms with Crippen molar-refractivity contribution in [3.8, 4) is 0 Å². The molecule has 0 aromatic heterocycles. The van der Waals surface area contributed by atoms with E-state index in [2.05, 4.69) is 0 Å². The van der Waals surface area contributed by atoms with Gasteiger partial charge in [-0.3, -0.25) is 4.79 Å². The fraction of sp³-hybridized carbons (Fsp3) is 0.300. The maximum Gasteiger partial charge on any atom is 0.243 e. The van der Waals surface area contributed by atoms with Gasteiger partial charge in [-0.05, 0) is 24.6 Å². The Labute approximate surface area is 87.4 Å². The van der Waals surface area contributed by atoms with E-state index < -0.39 is 0 Å². The molecule has 1 aliphatic rings. The van der Waals surface area contributed by atoms with Crippen LogP contribution < -0.4 is 10.6 Å². The highest BCUT2D eigenvalue weighted by Gasteiger charge is 2.29. The van der Waals surface area contributed by atoms with Gasteiger partial charge in [-0.1, -0.05) is 17.7 Å². The van der Waals surface area contributed by atoms with Gasteiger partial charge in [-0.2, -0.15) is 0 Å². The quantitative estimate of drug-likeness (QED) is 0.762. The Hall–Kier alpha value is -1.06. The molecule has 1 fully saturated rings. The Morgan fingerprint density at radius 3 is 2.86 bits per heavy atom. The molecule has 3 nitrogen and oxygen atoms in total. The lowest BCUT2D eigenvalue weighted by molar-refractivity contribution is -0.118. The summed E-state index contributed by atoms with van der Waals surface area (Å²) in [6, 6.07) is 6.90. The Morgan fingerprint density at radius 1 is 1.50 bits per heavy atom. The van der Waals surface area contributed by atoms with E-state index in [1.807, 2.05) is 12.1 Å². The van der Waals surface area contributed by atoms with E-state index in [1.165, 1.54) is 0 Å². The number of carbonyl (C=O) groups excluding carboxylic acids is 1. The maximum absolute atomic E-state index is 11.6. The van der Waals surface area contributed by atoms with E-state index in [9.17, 15) is 4.79 Å². The molecule has 1 heterocycles. The molecule has 2 N–H and O–H groups in total. The Kier molecular flexibility index (Phi) is 2.44. The zero-order valence-electron chi connectivity index (χ0n) is 7.61. The van der Waals surface area contributed by atoms with Crippen molar-refractivity contribution in [1.82, 2.24) is 0 Å². The van der Waals surface area contributed by atoms with Gasteiger partial charge in [0.1, 0.15) is 0 Å². The van der Waals surface area contributed by atoms with Gasteiger partial charge in [0.2, 0.25) is 5.91 Å². The third kappa shape index (κ3) is 1.61. The minimum Gasteiger partial charge on any atom is -0.320 e. The normalized spacial score (nSPS) is 21.7. The van der Waals surface area contributed by atoms with Crippen LogP contribution in [0.1, 0.15) is 6.42 Å². The van der Waals surface area contributed by atoms with Crippen LogP contribution in [0.15, 0.2) is 24.3 Å². The molecule has 1 aromatic carbocycles. The van der Waals surface area contributed by atoms with Gasteiger partial charge in [-0.15, -0.1) is 0 Å². The molecular weight excluding hydrogens is 200 g/mol. The van der Waals surface area contributed by atoms with Crippen molar-refractivity contribution in [2.75, 3.05) is 11.4 Å². The third-order valence-electron chi connectivity index (χ3n) is 2.37. The predicted molar refractivity (Wildman–Crippen MR) is 56.4 cm³/mol. The molecule has 2 rings (SSSR count). The van der Waals surface area contributed by atoms with Crippen LogP contribution in [0.3, 0.4) is 0 Å². The Bertz CT molecular complexity index is 367. The zero-order chi connectivity index (χ0) is 10.1. The number of rotatable bonds is 1. The van der Waals surface area contributed by atoms with Crippen molar-refractivity contribution in [1.29, 1.82) is 0 Å². The molecule has 1 aliphatic heterocycles. The summed E-state index contributed by atoms with van der Waals surface area (Å²) in [4.78, 5) is 13.3. The number of hydrogen-bond acceptors (Lipinski definition) is 2. The van der Waals surface area contributed by atoms with Crippen LogP contribution in [0.2, 0.25) is 5.02 Å². The summed E-state index contributed by atoms with van der Waals surface area (Å²) < 4.78 is 0. The van der Waals surface area contributed by atoms with Gasteiger partial charge in [0.15, 0.2) is 0 Å². The summed E-state index contributed by atoms with van der Waals surface area (Å²) in [6.07, 6.45) is 0.714. The molecule has 1 saturated heterocycles. The number of amides is 1. The van der Waals surface area contributed by atoms with Crippen LogP contribution in [0, 0.1) is 0 Å². The number of nitrogens with zero attached hydrogens (tertiary/aromatic N) is 1. The molecule has 1 atom stereocenters. The third-order valence-corrected chi connectivity index (χ3v) is 2.60. The van der Waals surface area contributed by atoms with Gasteiger partial charge >= 0.3 is 0 Å². The highest BCUT2D eigenvalue weighted by molar-refractivity contribution is 6.30. The molecule has 74 valence electrons. The first-order valence-electron chi connectivity index (χ1n) is 4.51. The second kappa shape index (κ2) is 3.59. The summed E-state index contributed by atoms with van der Waals surface area (Å²) in [5, 5.41) is 0.635. The molecule has 0 radical (unpaired) electrons. The van der Waals surface area contributed by atoms with E-state index >= 15 is 0 Å². The lowest BCUT2D eigenvalue weighted by atomic mass is 10.3. The standard InChI is InChI=1S/C10H11ClN2O/c11-7-2-1-3-8(6-7)13-5-4-9(12)10(13)14/h1-3,6,9H,4-5,12H2. The topological polar surface area (TPSA) is 46.3 Å². The predicted octanol–water partition coefficient (Wildman–Crippen LogP) is 1.40. The average Bonchev–Trinajstić information content (AvgIpc) is 2.48. The fourth-order valence-electron chi connectivity index (χ4n) is 1.60. The van der Waals surface area contributed by atoms with Gasteiger partial charge in [0.05, 0.1) is 6.04 Å². The minimum atomic E-state index is -0.353. The number of nitrogens with two attached hydrogens (primary N) is 1. The maximum atomic E-state index is 11.6. The monoisotopic (exact) mass is 210 g/mol. The molecule has 1 aromatic rings. The van der Waals surface area contributed by atoms with Crippen molar-refractivity contribution in [3.05, 3.63) is 29.3 Å². The van der Waals surface area contributed by atoms with E-state index in [4.69, 9.17) is 17.3 Å². The number of hydrogen-bond donors (Lipinski definition) is 1. The number of carbonyl (C=O) groups is 1. The van der Waals surface area contributed by atoms with Gasteiger partial charge in [-0.25, -0.2) is 0 Å². The fourth-order valence-corrected chi connectivity index (χ4v) is 1.79. The zero-order valence-corrected chi connectivity index (χ0v) is 8.37. The van der Waals surface area contributed by atoms with Crippen molar-refractivity contribution in [2.24, 2.45) is 5.73 Å². The Morgan fingerprint density at radius 2 is 2.29 bits per heavy atom. The molecule has 1 amide bonds. The minimum absolute atomic E-state index is 0.0210. The second-order valence-corrected chi connectivity index (χ2v) is 3.80. The molecule has 0 aliphatic carbocycles. The lowest BCUT2D eigenvalue weighted by Gasteiger charge is -2.15. The van der Waals surface area contributed by atoms with Crippen LogP contribution in [0.4, 0.5) is 5.69 Å². The first kappa shape index (κ1) is 9.49. The Balaban J connectivity index is 2.28. The summed E-state index contributed by atoms with van der Waals surface area (Å²) in [6.45, 7) is 0.681. The van der Waals surface area contributed by atoms with Crippen molar-refractivity contribution in [3.63, 3.8) is 0 Å². The van der Waals surface area contributed by atoms with Crippen molar-refractivity contribution >= 4 is 23.2 Å². The first-order valence-corrected chi connectivity index (χ1v) is 4.89. The number of halogens is 1. The lowest BCUT2D eigenvalue weighted by Crippen LogP contribution is -2.33. The summed E-state index contributed by atoms with van der Waals surface area (Å²) in [5.74, 6) is -0.0210. The first-order chi connectivity index (χ1) is 6.68. The molecule has 4 heteroatoms. The van der Waals surface area contributed by atoms with Gasteiger partial charge in [0.25, 0.3) is 0 Å². The number of benzene rings is 1. The highest BCUT2D eigenvalue weighted by atomic mass is 35.5. The van der Waals surface area contributed by atoms with Crippen LogP contribution in [0.25, 0.3) is 0 Å². The summed E-state index contributed by atoms with van der Waals surface area (Å²) in [5.41, 5.74) is 6.45. The van der Waals surface area contributed by atoms with Crippen LogP contribution in [-0.2, 0) is 4.79 Å². The van der Waals surface area contributed by atoms with Gasteiger partial charge < -0.3 is 10.6 Å². The van der Waals surface area contributed by atoms with E-state index in [0.717, 1.165) is 5.69 Å². The second-order valence-electron chi connectivity index (χ2n) is 3.36. The van der Waals surface area contributed by atoms with Crippen LogP contribution in [-0.4, -0.2) is 18.5 Å². The summed E-state index contributed by atoms with van der Waals surface area (Å²) >= 11 is 5.84. The van der Waals surface area contributed by atoms with Crippen molar-refractivity contribution < 1.29 is 4.79 Å². The van der Waals surface area contributed by atoms with E-state index in [-0.39, 0.29) is 11.9 Å². The molecule has 0 spiro atoms. The molecule has 0 saturated carbocycles. The van der Waals surface area contributed by atoms with Gasteiger partial charge in [0, 0.05) is 17.3 Å². The smallest absolute Gasteiger partial charge is 0.243 e. The molecule has 0 bridgehead atoms. The number of anilines is 1. The van der Waals surface area contributed by atoms with Crippen LogP contribution >= 0.6 is 11.6 Å². The van der Waals surface area contributed by atoms with E-state index in [0.29, 0.717) is 18.0 Å². The largest absolute Gasteiger partial charge is 0.320 e. The highest BCUT2D eigenvalue weighted by Crippen LogP contribution is 2.23. The molecule has 14 heavy (non-hydrogen) atoms. The summed E-state index contributed by atoms with van der Waals surface area (Å²) in [7, 11) is 0. The molecule has 1 unspecified atom stereocenters. The van der Waals surface area contributed by atoms with Crippen LogP contribution in [0.5, 0.6) is 0 Å². The molecular formula is C10H11ClN2O. The average molecular weight is 211 g/mol. The van der Waals surface area contributed by atoms with E-state index in [1.54, 1.807) is 17.0 Å². The SMILES string of the molecule is NC1CCN(c2cccc(Cl)c2)C1=O. The van der Waals surface area contributed by atoms with Crippen molar-refractivity contribution in [2.45, 2.75) is 12.5 Å².